The van der Waals surface area contributed by atoms with Gasteiger partial charge in [-0.1, -0.05) is 30.3 Å². The number of carbonyl (C=O) groups excluding carboxylic acids is 1. The van der Waals surface area contributed by atoms with Gasteiger partial charge in [0.05, 0.1) is 6.21 Å². The van der Waals surface area contributed by atoms with Crippen molar-refractivity contribution in [3.05, 3.63) is 95.6 Å². The van der Waals surface area contributed by atoms with Gasteiger partial charge < -0.3 is 10.5 Å². The molecule has 0 bridgehead atoms. The quantitative estimate of drug-likeness (QED) is 0.407. The minimum absolute atomic E-state index is 0.288. The lowest BCUT2D eigenvalue weighted by Gasteiger charge is -2.06. The van der Waals surface area contributed by atoms with Gasteiger partial charge in [-0.2, -0.15) is 5.10 Å². The van der Waals surface area contributed by atoms with Gasteiger partial charge in [-0.25, -0.2) is 5.43 Å². The van der Waals surface area contributed by atoms with Crippen LogP contribution in [0, 0.1) is 0 Å². The van der Waals surface area contributed by atoms with Gasteiger partial charge in [-0.3, -0.25) is 4.79 Å². The lowest BCUT2D eigenvalue weighted by molar-refractivity contribution is 0.0955. The Kier molecular flexibility index (Phi) is 5.62. The van der Waals surface area contributed by atoms with Gasteiger partial charge >= 0.3 is 0 Å². The zero-order chi connectivity index (χ0) is 18.2. The number of ether oxygens (including phenoxy) is 1. The number of benzene rings is 3. The molecule has 3 aromatic carbocycles. The third-order valence-corrected chi connectivity index (χ3v) is 3.68. The van der Waals surface area contributed by atoms with Crippen LogP contribution in [0.25, 0.3) is 0 Å². The van der Waals surface area contributed by atoms with Gasteiger partial charge in [0.1, 0.15) is 12.4 Å². The van der Waals surface area contributed by atoms with Crippen LogP contribution in [0.3, 0.4) is 0 Å². The highest BCUT2D eigenvalue weighted by atomic mass is 16.5. The summed E-state index contributed by atoms with van der Waals surface area (Å²) in [6.45, 7) is 0.520. The van der Waals surface area contributed by atoms with Crippen LogP contribution in [-0.2, 0) is 6.61 Å². The molecule has 3 rings (SSSR count). The van der Waals surface area contributed by atoms with Crippen molar-refractivity contribution >= 4 is 17.8 Å². The molecule has 0 aromatic heterocycles. The summed E-state index contributed by atoms with van der Waals surface area (Å²) in [5.41, 5.74) is 11.2. The smallest absolute Gasteiger partial charge is 0.271 e. The number of nitrogens with two attached hydrogens (primary N) is 1. The Morgan fingerprint density at radius 2 is 1.65 bits per heavy atom. The van der Waals surface area contributed by atoms with Crippen LogP contribution in [0.5, 0.6) is 5.75 Å². The van der Waals surface area contributed by atoms with Gasteiger partial charge in [0.15, 0.2) is 0 Å². The summed E-state index contributed by atoms with van der Waals surface area (Å²) >= 11 is 0. The molecule has 5 heteroatoms. The van der Waals surface area contributed by atoms with Crippen molar-refractivity contribution in [1.82, 2.24) is 5.43 Å². The second-order valence-corrected chi connectivity index (χ2v) is 5.66. The second kappa shape index (κ2) is 8.48. The first kappa shape index (κ1) is 17.2. The second-order valence-electron chi connectivity index (χ2n) is 5.66. The average Bonchev–Trinajstić information content (AvgIpc) is 2.68. The maximum atomic E-state index is 11.9. The Morgan fingerprint density at radius 3 is 2.35 bits per heavy atom. The van der Waals surface area contributed by atoms with E-state index in [2.05, 4.69) is 10.5 Å². The molecule has 0 radical (unpaired) electrons. The van der Waals surface area contributed by atoms with Crippen LogP contribution in [0.15, 0.2) is 84.0 Å². The molecule has 0 saturated heterocycles. The third kappa shape index (κ3) is 4.95. The van der Waals surface area contributed by atoms with E-state index >= 15 is 0 Å². The number of hydrogen-bond donors (Lipinski definition) is 2. The lowest BCUT2D eigenvalue weighted by Crippen LogP contribution is -2.17. The van der Waals surface area contributed by atoms with Crippen molar-refractivity contribution in [3.63, 3.8) is 0 Å². The van der Waals surface area contributed by atoms with Crippen LogP contribution in [0.1, 0.15) is 21.5 Å². The SMILES string of the molecule is Nc1ccc(C(=O)N/N=C\c2ccc(OCc3ccccc3)cc2)cc1. The first-order valence-electron chi connectivity index (χ1n) is 8.16. The third-order valence-electron chi connectivity index (χ3n) is 3.68. The Hall–Kier alpha value is -3.60. The fourth-order valence-electron chi connectivity index (χ4n) is 2.26. The molecule has 0 aliphatic rings. The lowest BCUT2D eigenvalue weighted by atomic mass is 10.2. The topological polar surface area (TPSA) is 76.7 Å². The van der Waals surface area contributed by atoms with E-state index in [1.54, 1.807) is 30.5 Å². The van der Waals surface area contributed by atoms with Crippen molar-refractivity contribution < 1.29 is 9.53 Å². The minimum Gasteiger partial charge on any atom is -0.489 e. The summed E-state index contributed by atoms with van der Waals surface area (Å²) in [7, 11) is 0. The largest absolute Gasteiger partial charge is 0.489 e. The number of anilines is 1. The molecular formula is C21H19N3O2. The minimum atomic E-state index is -0.288. The zero-order valence-electron chi connectivity index (χ0n) is 14.1. The monoisotopic (exact) mass is 345 g/mol. The van der Waals surface area contributed by atoms with Crippen LogP contribution < -0.4 is 15.9 Å². The summed E-state index contributed by atoms with van der Waals surface area (Å²) in [5, 5.41) is 3.97. The standard InChI is InChI=1S/C21H19N3O2/c22-19-10-8-18(9-11-19)21(25)24-23-14-16-6-12-20(13-7-16)26-15-17-4-2-1-3-5-17/h1-14H,15,22H2,(H,24,25)/b23-14-. The van der Waals surface area contributed by atoms with E-state index in [1.165, 1.54) is 0 Å². The highest BCUT2D eigenvalue weighted by Gasteiger charge is 2.02. The van der Waals surface area contributed by atoms with E-state index in [9.17, 15) is 4.79 Å². The molecule has 0 unspecified atom stereocenters. The van der Waals surface area contributed by atoms with Gasteiger partial charge in [-0.05, 0) is 59.7 Å². The van der Waals surface area contributed by atoms with Crippen LogP contribution in [0.2, 0.25) is 0 Å². The number of amides is 1. The fourth-order valence-corrected chi connectivity index (χ4v) is 2.26. The Labute approximate surface area is 152 Å². The maximum absolute atomic E-state index is 11.9. The van der Waals surface area contributed by atoms with E-state index in [0.717, 1.165) is 16.9 Å². The maximum Gasteiger partial charge on any atom is 0.271 e. The molecule has 3 N–H and O–H groups in total. The summed E-state index contributed by atoms with van der Waals surface area (Å²) in [6.07, 6.45) is 1.58. The van der Waals surface area contributed by atoms with E-state index < -0.39 is 0 Å². The fraction of sp³-hybridized carbons (Fsp3) is 0.0476. The molecule has 0 heterocycles. The molecule has 0 saturated carbocycles. The Balaban J connectivity index is 1.51. The number of nitrogen functional groups attached to an aromatic ring is 1. The molecule has 5 nitrogen and oxygen atoms in total. The van der Waals surface area contributed by atoms with Crippen LogP contribution >= 0.6 is 0 Å². The summed E-state index contributed by atoms with van der Waals surface area (Å²) in [4.78, 5) is 11.9. The molecule has 3 aromatic rings. The molecule has 0 aliphatic heterocycles. The molecule has 1 amide bonds. The number of nitrogens with zero attached hydrogens (tertiary/aromatic N) is 1. The summed E-state index contributed by atoms with van der Waals surface area (Å²) in [6, 6.07) is 24.1. The van der Waals surface area contributed by atoms with Gasteiger partial charge in [0.25, 0.3) is 5.91 Å². The molecule has 0 aliphatic carbocycles. The van der Waals surface area contributed by atoms with Crippen molar-refractivity contribution in [2.75, 3.05) is 5.73 Å². The molecule has 0 fully saturated rings. The molecule has 130 valence electrons. The van der Waals surface area contributed by atoms with Gasteiger partial charge in [0.2, 0.25) is 0 Å². The van der Waals surface area contributed by atoms with Crippen molar-refractivity contribution in [2.45, 2.75) is 6.61 Å². The molecule has 26 heavy (non-hydrogen) atoms. The zero-order valence-corrected chi connectivity index (χ0v) is 14.1. The molecular weight excluding hydrogens is 326 g/mol. The number of carbonyl (C=O) groups is 1. The summed E-state index contributed by atoms with van der Waals surface area (Å²) in [5.74, 6) is 0.487. The first-order chi connectivity index (χ1) is 12.7. The number of rotatable bonds is 6. The highest BCUT2D eigenvalue weighted by molar-refractivity contribution is 5.95. The van der Waals surface area contributed by atoms with Gasteiger partial charge in [-0.15, -0.1) is 0 Å². The van der Waals surface area contributed by atoms with E-state index in [4.69, 9.17) is 10.5 Å². The predicted molar refractivity (Wildman–Crippen MR) is 103 cm³/mol. The number of nitrogens with one attached hydrogen (secondary N) is 1. The number of hydrogen-bond acceptors (Lipinski definition) is 4. The predicted octanol–water partition coefficient (Wildman–Crippen LogP) is 3.61. The highest BCUT2D eigenvalue weighted by Crippen LogP contribution is 2.13. The van der Waals surface area contributed by atoms with E-state index in [-0.39, 0.29) is 5.91 Å². The van der Waals surface area contributed by atoms with E-state index in [0.29, 0.717) is 17.9 Å². The molecule has 0 atom stereocenters. The van der Waals surface area contributed by atoms with Crippen LogP contribution in [-0.4, -0.2) is 12.1 Å². The summed E-state index contributed by atoms with van der Waals surface area (Å²) < 4.78 is 5.73. The Morgan fingerprint density at radius 1 is 0.962 bits per heavy atom. The first-order valence-corrected chi connectivity index (χ1v) is 8.16. The van der Waals surface area contributed by atoms with Crippen LogP contribution in [0.4, 0.5) is 5.69 Å². The average molecular weight is 345 g/mol. The van der Waals surface area contributed by atoms with Crippen molar-refractivity contribution in [2.24, 2.45) is 5.10 Å². The Bertz CT molecular complexity index is 873. The van der Waals surface area contributed by atoms with E-state index in [1.807, 2.05) is 54.6 Å². The molecule has 0 spiro atoms. The number of hydrazone groups is 1. The van der Waals surface area contributed by atoms with Crippen molar-refractivity contribution in [1.29, 1.82) is 0 Å². The van der Waals surface area contributed by atoms with Gasteiger partial charge in [0, 0.05) is 11.3 Å². The van der Waals surface area contributed by atoms with Crippen molar-refractivity contribution in [3.8, 4) is 5.75 Å². The normalized spacial score (nSPS) is 10.6.